The van der Waals surface area contributed by atoms with E-state index in [4.69, 9.17) is 0 Å². The van der Waals surface area contributed by atoms with Gasteiger partial charge in [0, 0.05) is 16.3 Å². The Morgan fingerprint density at radius 1 is 0.719 bits per heavy atom. The molecule has 0 radical (unpaired) electrons. The molecule has 2 amide bonds. The van der Waals surface area contributed by atoms with Crippen molar-refractivity contribution in [3.05, 3.63) is 94.1 Å². The quantitative estimate of drug-likeness (QED) is 0.203. The van der Waals surface area contributed by atoms with Gasteiger partial charge in [0.25, 0.3) is 11.8 Å². The molecule has 0 saturated carbocycles. The summed E-state index contributed by atoms with van der Waals surface area (Å²) in [5.41, 5.74) is 6.29. The van der Waals surface area contributed by atoms with Gasteiger partial charge in [-0.2, -0.15) is 0 Å². The fourth-order valence-electron chi connectivity index (χ4n) is 3.39. The molecular formula is C27H28N2O2S. The van der Waals surface area contributed by atoms with Crippen molar-refractivity contribution in [3.63, 3.8) is 0 Å². The molecule has 4 nitrogen and oxygen atoms in total. The Morgan fingerprint density at radius 3 is 1.59 bits per heavy atom. The van der Waals surface area contributed by atoms with Crippen LogP contribution in [0.5, 0.6) is 0 Å². The minimum Gasteiger partial charge on any atom is -0.322 e. The molecule has 3 aromatic carbocycles. The number of benzene rings is 3. The summed E-state index contributed by atoms with van der Waals surface area (Å²) in [7, 11) is 0. The fourth-order valence-corrected chi connectivity index (χ4v) is 3.80. The van der Waals surface area contributed by atoms with E-state index in [1.807, 2.05) is 94.6 Å². The van der Waals surface area contributed by atoms with Gasteiger partial charge in [-0.05, 0) is 81.0 Å². The van der Waals surface area contributed by atoms with Gasteiger partial charge < -0.3 is 10.6 Å². The molecule has 0 aliphatic rings. The third-order valence-electron chi connectivity index (χ3n) is 5.18. The maximum Gasteiger partial charge on any atom is 0.261 e. The normalized spacial score (nSPS) is 10.4. The summed E-state index contributed by atoms with van der Waals surface area (Å²) in [5, 5.41) is 5.80. The Balaban J connectivity index is 1.94. The molecule has 0 bridgehead atoms. The number of nitrogens with one attached hydrogen (secondary N) is 2. The van der Waals surface area contributed by atoms with E-state index < -0.39 is 11.8 Å². The zero-order valence-corrected chi connectivity index (χ0v) is 19.9. The number of carbonyl (C=O) groups is 2. The summed E-state index contributed by atoms with van der Waals surface area (Å²) in [6.07, 6.45) is 3.63. The highest BCUT2D eigenvalue weighted by Gasteiger charge is 2.20. The van der Waals surface area contributed by atoms with Gasteiger partial charge in [0.15, 0.2) is 0 Å². The van der Waals surface area contributed by atoms with Crippen molar-refractivity contribution in [2.45, 2.75) is 32.6 Å². The predicted octanol–water partition coefficient (Wildman–Crippen LogP) is 6.30. The second-order valence-corrected chi connectivity index (χ2v) is 8.76. The van der Waals surface area contributed by atoms with E-state index in [9.17, 15) is 9.59 Å². The summed E-state index contributed by atoms with van der Waals surface area (Å²) < 4.78 is 0. The lowest BCUT2D eigenvalue weighted by atomic mass is 10.1. The first kappa shape index (κ1) is 23.4. The fraction of sp³-hybridized carbons (Fsp3) is 0.185. The largest absolute Gasteiger partial charge is 0.322 e. The average Bonchev–Trinajstić information content (AvgIpc) is 2.76. The lowest BCUT2D eigenvalue weighted by molar-refractivity contribution is -0.118. The highest BCUT2D eigenvalue weighted by molar-refractivity contribution is 7.98. The zero-order chi connectivity index (χ0) is 23.3. The standard InChI is InChI=1S/C27H28N2O2S/c1-17-6-12-24(19(3)14-17)28-26(30)23(16-21-8-10-22(32-5)11-9-21)27(31)29-25-13-7-18(2)15-20(25)4/h6-16H,1-5H3,(H,28,30)(H,29,31). The molecule has 0 fully saturated rings. The van der Waals surface area contributed by atoms with E-state index in [1.54, 1.807) is 17.8 Å². The maximum atomic E-state index is 13.2. The second-order valence-electron chi connectivity index (χ2n) is 7.88. The van der Waals surface area contributed by atoms with Gasteiger partial charge in [-0.3, -0.25) is 9.59 Å². The van der Waals surface area contributed by atoms with Crippen LogP contribution in [0.25, 0.3) is 6.08 Å². The molecule has 164 valence electrons. The molecule has 0 spiro atoms. The number of amides is 2. The molecule has 0 aliphatic carbocycles. The third-order valence-corrected chi connectivity index (χ3v) is 5.92. The molecule has 0 atom stereocenters. The molecule has 2 N–H and O–H groups in total. The Morgan fingerprint density at radius 2 is 1.19 bits per heavy atom. The molecule has 0 heterocycles. The minimum absolute atomic E-state index is 0.0434. The van der Waals surface area contributed by atoms with Crippen molar-refractivity contribution < 1.29 is 9.59 Å². The van der Waals surface area contributed by atoms with Crippen molar-refractivity contribution in [1.29, 1.82) is 0 Å². The number of hydrogen-bond acceptors (Lipinski definition) is 3. The number of thioether (sulfide) groups is 1. The average molecular weight is 445 g/mol. The van der Waals surface area contributed by atoms with Gasteiger partial charge in [-0.25, -0.2) is 0 Å². The van der Waals surface area contributed by atoms with Gasteiger partial charge >= 0.3 is 0 Å². The molecule has 0 aromatic heterocycles. The second kappa shape index (κ2) is 10.3. The van der Waals surface area contributed by atoms with Crippen LogP contribution < -0.4 is 10.6 Å². The molecule has 32 heavy (non-hydrogen) atoms. The summed E-state index contributed by atoms with van der Waals surface area (Å²) >= 11 is 1.64. The van der Waals surface area contributed by atoms with Crippen molar-refractivity contribution in [2.75, 3.05) is 16.9 Å². The van der Waals surface area contributed by atoms with Crippen LogP contribution in [0, 0.1) is 27.7 Å². The maximum absolute atomic E-state index is 13.2. The summed E-state index contributed by atoms with van der Waals surface area (Å²) in [5.74, 6) is -0.902. The summed E-state index contributed by atoms with van der Waals surface area (Å²) in [6.45, 7) is 7.87. The molecular weight excluding hydrogens is 416 g/mol. The summed E-state index contributed by atoms with van der Waals surface area (Å²) in [6, 6.07) is 19.3. The highest BCUT2D eigenvalue weighted by Crippen LogP contribution is 2.21. The smallest absolute Gasteiger partial charge is 0.261 e. The van der Waals surface area contributed by atoms with Gasteiger partial charge in [-0.15, -0.1) is 11.8 Å². The van der Waals surface area contributed by atoms with Crippen LogP contribution in [0.4, 0.5) is 11.4 Å². The van der Waals surface area contributed by atoms with Gasteiger partial charge in [-0.1, -0.05) is 47.5 Å². The molecule has 5 heteroatoms. The van der Waals surface area contributed by atoms with Crippen LogP contribution in [-0.4, -0.2) is 18.1 Å². The van der Waals surface area contributed by atoms with Crippen LogP contribution in [0.1, 0.15) is 27.8 Å². The molecule has 3 rings (SSSR count). The van der Waals surface area contributed by atoms with E-state index in [0.29, 0.717) is 11.4 Å². The van der Waals surface area contributed by atoms with Crippen molar-refractivity contribution in [1.82, 2.24) is 0 Å². The van der Waals surface area contributed by atoms with E-state index in [-0.39, 0.29) is 5.57 Å². The Labute approximate surface area is 194 Å². The number of rotatable bonds is 6. The Bertz CT molecular complexity index is 1110. The number of anilines is 2. The predicted molar refractivity (Wildman–Crippen MR) is 135 cm³/mol. The lowest BCUT2D eigenvalue weighted by Gasteiger charge is -2.14. The third kappa shape index (κ3) is 5.89. The SMILES string of the molecule is CSc1ccc(C=C(C(=O)Nc2ccc(C)cc2C)C(=O)Nc2ccc(C)cc2C)cc1. The van der Waals surface area contributed by atoms with Crippen molar-refractivity contribution in [3.8, 4) is 0 Å². The summed E-state index contributed by atoms with van der Waals surface area (Å²) in [4.78, 5) is 27.5. The van der Waals surface area contributed by atoms with Crippen LogP contribution >= 0.6 is 11.8 Å². The number of hydrogen-bond donors (Lipinski definition) is 2. The topological polar surface area (TPSA) is 58.2 Å². The first-order valence-electron chi connectivity index (χ1n) is 10.4. The van der Waals surface area contributed by atoms with Crippen LogP contribution in [0.3, 0.4) is 0 Å². The van der Waals surface area contributed by atoms with Crippen molar-refractivity contribution in [2.24, 2.45) is 0 Å². The van der Waals surface area contributed by atoms with E-state index in [1.165, 1.54) is 0 Å². The van der Waals surface area contributed by atoms with Crippen LogP contribution in [0.2, 0.25) is 0 Å². The van der Waals surface area contributed by atoms with Gasteiger partial charge in [0.1, 0.15) is 5.57 Å². The first-order chi connectivity index (χ1) is 15.3. The monoisotopic (exact) mass is 444 g/mol. The van der Waals surface area contributed by atoms with Crippen LogP contribution in [0.15, 0.2) is 71.1 Å². The van der Waals surface area contributed by atoms with Gasteiger partial charge in [0.05, 0.1) is 0 Å². The number of carbonyl (C=O) groups excluding carboxylic acids is 2. The van der Waals surface area contributed by atoms with Gasteiger partial charge in [0.2, 0.25) is 0 Å². The molecule has 0 saturated heterocycles. The molecule has 3 aromatic rings. The molecule has 0 aliphatic heterocycles. The Kier molecular flexibility index (Phi) is 7.54. The van der Waals surface area contributed by atoms with E-state index in [0.717, 1.165) is 32.7 Å². The minimum atomic E-state index is -0.451. The number of aryl methyl sites for hydroxylation is 4. The Hall–Kier alpha value is -3.31. The highest BCUT2D eigenvalue weighted by atomic mass is 32.2. The van der Waals surface area contributed by atoms with E-state index in [2.05, 4.69) is 10.6 Å². The van der Waals surface area contributed by atoms with Crippen molar-refractivity contribution >= 4 is 41.0 Å². The van der Waals surface area contributed by atoms with Crippen LogP contribution in [-0.2, 0) is 9.59 Å². The first-order valence-corrected chi connectivity index (χ1v) is 11.6. The zero-order valence-electron chi connectivity index (χ0n) is 19.1. The van der Waals surface area contributed by atoms with E-state index >= 15 is 0 Å². The lowest BCUT2D eigenvalue weighted by Crippen LogP contribution is -2.26. The molecule has 0 unspecified atom stereocenters.